The standard InChI is InChI=1S/C34H48F5N5O6/c1-19(2)44(22-11-10-21(12-13-40-20-8-9-20)43(18-22)31(48)50-32(3,4)5)29(46)23-16-25-26(17-24(23)34(37,38)39)49-33(6,7)30(47)42(25)15-14-41-28(45)27(35)36/h16-17,19-22,27,40H,8-15,18H2,1-7H3,(H,41,45)/t21-,22-/m1/s1. The van der Waals surface area contributed by atoms with Crippen LogP contribution in [0.25, 0.3) is 0 Å². The molecular formula is C34H48F5N5O6. The van der Waals surface area contributed by atoms with Crippen LogP contribution in [0.15, 0.2) is 12.1 Å². The zero-order valence-electron chi connectivity index (χ0n) is 29.6. The van der Waals surface area contributed by atoms with Crippen molar-refractivity contribution in [1.29, 1.82) is 0 Å². The first kappa shape index (κ1) is 39.1. The summed E-state index contributed by atoms with van der Waals surface area (Å²) in [5, 5.41) is 5.43. The van der Waals surface area contributed by atoms with Gasteiger partial charge in [0.15, 0.2) is 5.60 Å². The Morgan fingerprint density at radius 3 is 2.28 bits per heavy atom. The third-order valence-corrected chi connectivity index (χ3v) is 8.87. The first-order chi connectivity index (χ1) is 23.1. The monoisotopic (exact) mass is 717 g/mol. The van der Waals surface area contributed by atoms with E-state index < -0.39 is 77.4 Å². The Morgan fingerprint density at radius 2 is 1.72 bits per heavy atom. The second kappa shape index (κ2) is 14.9. The summed E-state index contributed by atoms with van der Waals surface area (Å²) in [5.41, 5.74) is -4.66. The summed E-state index contributed by atoms with van der Waals surface area (Å²) < 4.78 is 81.0. The SMILES string of the molecule is CC(C)N(C(=O)c1cc2c(cc1C(F)(F)F)OC(C)(C)C(=O)N2CCNC(=O)C(F)F)[C@@H]1CC[C@H](CCNC2CC2)N(C(=O)OC(C)(C)C)C1. The molecule has 16 heteroatoms. The fourth-order valence-electron chi connectivity index (χ4n) is 6.40. The number of hydrogen-bond acceptors (Lipinski definition) is 7. The van der Waals surface area contributed by atoms with Crippen LogP contribution in [0.1, 0.15) is 96.5 Å². The van der Waals surface area contributed by atoms with E-state index in [1.165, 1.54) is 18.7 Å². The van der Waals surface area contributed by atoms with Crippen molar-refractivity contribution in [3.63, 3.8) is 0 Å². The summed E-state index contributed by atoms with van der Waals surface area (Å²) >= 11 is 0. The zero-order chi connectivity index (χ0) is 37.3. The van der Waals surface area contributed by atoms with Crippen LogP contribution < -0.4 is 20.3 Å². The lowest BCUT2D eigenvalue weighted by Crippen LogP contribution is -2.58. The summed E-state index contributed by atoms with van der Waals surface area (Å²) in [7, 11) is 0. The molecule has 4 rings (SSSR count). The normalized spacial score (nSPS) is 20.8. The predicted molar refractivity (Wildman–Crippen MR) is 174 cm³/mol. The van der Waals surface area contributed by atoms with Crippen LogP contribution >= 0.6 is 0 Å². The predicted octanol–water partition coefficient (Wildman–Crippen LogP) is 5.35. The average Bonchev–Trinajstić information content (AvgIpc) is 3.81. The van der Waals surface area contributed by atoms with E-state index in [0.29, 0.717) is 37.9 Å². The van der Waals surface area contributed by atoms with Gasteiger partial charge in [0.2, 0.25) is 0 Å². The number of anilines is 1. The third-order valence-electron chi connectivity index (χ3n) is 8.87. The van der Waals surface area contributed by atoms with Gasteiger partial charge in [0.05, 0.1) is 22.9 Å². The molecule has 1 saturated carbocycles. The number of amides is 4. The van der Waals surface area contributed by atoms with E-state index in [1.54, 1.807) is 39.5 Å². The van der Waals surface area contributed by atoms with E-state index in [0.717, 1.165) is 23.8 Å². The Kier molecular flexibility index (Phi) is 11.6. The maximum absolute atomic E-state index is 14.7. The molecular weight excluding hydrogens is 669 g/mol. The molecule has 11 nitrogen and oxygen atoms in total. The van der Waals surface area contributed by atoms with Gasteiger partial charge in [-0.25, -0.2) is 4.79 Å². The highest BCUT2D eigenvalue weighted by Gasteiger charge is 2.46. The Hall–Kier alpha value is -3.69. The lowest BCUT2D eigenvalue weighted by atomic mass is 9.93. The molecule has 0 unspecified atom stereocenters. The van der Waals surface area contributed by atoms with Gasteiger partial charge in [0, 0.05) is 37.8 Å². The van der Waals surface area contributed by atoms with E-state index in [2.05, 4.69) is 5.32 Å². The number of fused-ring (bicyclic) bond motifs is 1. The number of nitrogens with zero attached hydrogens (tertiary/aromatic N) is 3. The van der Waals surface area contributed by atoms with Crippen LogP contribution in [0.5, 0.6) is 5.75 Å². The van der Waals surface area contributed by atoms with Crippen LogP contribution in [0, 0.1) is 0 Å². The van der Waals surface area contributed by atoms with Gasteiger partial charge in [-0.2, -0.15) is 22.0 Å². The van der Waals surface area contributed by atoms with Crippen molar-refractivity contribution in [3.05, 3.63) is 23.3 Å². The zero-order valence-corrected chi connectivity index (χ0v) is 29.6. The molecule has 2 heterocycles. The summed E-state index contributed by atoms with van der Waals surface area (Å²) in [6.45, 7) is 11.1. The number of nitrogens with one attached hydrogen (secondary N) is 2. The van der Waals surface area contributed by atoms with Gasteiger partial charge in [0.1, 0.15) is 11.4 Å². The summed E-state index contributed by atoms with van der Waals surface area (Å²) in [6, 6.07) is 0.577. The first-order valence-corrected chi connectivity index (χ1v) is 17.0. The second-order valence-electron chi connectivity index (χ2n) is 14.9. The fraction of sp³-hybridized carbons (Fsp3) is 0.706. The van der Waals surface area contributed by atoms with Crippen LogP contribution in [0.2, 0.25) is 0 Å². The number of likely N-dealkylation sites (tertiary alicyclic amines) is 1. The average molecular weight is 718 g/mol. The molecule has 2 aliphatic heterocycles. The van der Waals surface area contributed by atoms with E-state index in [9.17, 15) is 41.1 Å². The van der Waals surface area contributed by atoms with Gasteiger partial charge in [-0.15, -0.1) is 0 Å². The summed E-state index contributed by atoms with van der Waals surface area (Å²) in [6.07, 6.45) is -5.16. The highest BCUT2D eigenvalue weighted by Crippen LogP contribution is 2.44. The molecule has 4 amide bonds. The minimum absolute atomic E-state index is 0.0327. The number of piperidine rings is 1. The van der Waals surface area contributed by atoms with E-state index in [4.69, 9.17) is 9.47 Å². The number of ether oxygens (including phenoxy) is 2. The molecule has 50 heavy (non-hydrogen) atoms. The van der Waals surface area contributed by atoms with Crippen molar-refractivity contribution < 1.29 is 50.6 Å². The molecule has 1 aromatic rings. The molecule has 280 valence electrons. The molecule has 0 radical (unpaired) electrons. The number of rotatable bonds is 11. The molecule has 0 aromatic heterocycles. The summed E-state index contributed by atoms with van der Waals surface area (Å²) in [5.74, 6) is -3.60. The molecule has 2 N–H and O–H groups in total. The Labute approximate surface area is 289 Å². The van der Waals surface area contributed by atoms with Crippen molar-refractivity contribution in [1.82, 2.24) is 20.4 Å². The number of benzene rings is 1. The Morgan fingerprint density at radius 1 is 1.06 bits per heavy atom. The topological polar surface area (TPSA) is 121 Å². The highest BCUT2D eigenvalue weighted by atomic mass is 19.4. The van der Waals surface area contributed by atoms with Gasteiger partial charge in [-0.1, -0.05) is 0 Å². The quantitative estimate of drug-likeness (QED) is 0.296. The second-order valence-corrected chi connectivity index (χ2v) is 14.9. The number of carbonyl (C=O) groups excluding carboxylic acids is 4. The number of halogens is 5. The lowest BCUT2D eigenvalue weighted by molar-refractivity contribution is -0.138. The minimum Gasteiger partial charge on any atom is -0.476 e. The minimum atomic E-state index is -5.01. The van der Waals surface area contributed by atoms with Crippen molar-refractivity contribution in [2.45, 2.75) is 129 Å². The van der Waals surface area contributed by atoms with Crippen molar-refractivity contribution >= 4 is 29.5 Å². The maximum Gasteiger partial charge on any atom is 0.417 e. The first-order valence-electron chi connectivity index (χ1n) is 17.0. The van der Waals surface area contributed by atoms with Gasteiger partial charge < -0.3 is 34.8 Å². The van der Waals surface area contributed by atoms with Crippen LogP contribution in [0.3, 0.4) is 0 Å². The van der Waals surface area contributed by atoms with Crippen molar-refractivity contribution in [3.8, 4) is 5.75 Å². The lowest BCUT2D eigenvalue weighted by Gasteiger charge is -2.45. The molecule has 2 fully saturated rings. The van der Waals surface area contributed by atoms with Crippen LogP contribution in [-0.4, -0.2) is 102 Å². The van der Waals surface area contributed by atoms with Gasteiger partial charge >= 0.3 is 18.7 Å². The maximum atomic E-state index is 14.7. The molecule has 2 atom stereocenters. The van der Waals surface area contributed by atoms with Crippen molar-refractivity contribution in [2.24, 2.45) is 0 Å². The third kappa shape index (κ3) is 9.34. The Bertz CT molecular complexity index is 1440. The molecule has 1 aromatic carbocycles. The fourth-order valence-corrected chi connectivity index (χ4v) is 6.40. The van der Waals surface area contributed by atoms with Crippen LogP contribution in [0.4, 0.5) is 32.4 Å². The van der Waals surface area contributed by atoms with E-state index >= 15 is 0 Å². The molecule has 3 aliphatic rings. The number of carbonyl (C=O) groups is 4. The van der Waals surface area contributed by atoms with Gasteiger partial charge in [0.25, 0.3) is 17.7 Å². The molecule has 1 saturated heterocycles. The van der Waals surface area contributed by atoms with Crippen LogP contribution in [-0.2, 0) is 20.5 Å². The van der Waals surface area contributed by atoms with Gasteiger partial charge in [-0.05, 0) is 99.2 Å². The van der Waals surface area contributed by atoms with Gasteiger partial charge in [-0.3, -0.25) is 14.4 Å². The smallest absolute Gasteiger partial charge is 0.417 e. The highest BCUT2D eigenvalue weighted by molar-refractivity contribution is 6.05. The Balaban J connectivity index is 1.70. The largest absolute Gasteiger partial charge is 0.476 e. The summed E-state index contributed by atoms with van der Waals surface area (Å²) in [4.78, 5) is 56.6. The molecule has 0 spiro atoms. The molecule has 0 bridgehead atoms. The number of alkyl halides is 5. The van der Waals surface area contributed by atoms with E-state index in [1.807, 2.05) is 5.32 Å². The van der Waals surface area contributed by atoms with E-state index in [-0.39, 0.29) is 30.6 Å². The van der Waals surface area contributed by atoms with Crippen molar-refractivity contribution in [2.75, 3.05) is 31.1 Å². The number of hydrogen-bond donors (Lipinski definition) is 2. The molecule has 1 aliphatic carbocycles.